The van der Waals surface area contributed by atoms with Gasteiger partial charge in [0.15, 0.2) is 0 Å². The summed E-state index contributed by atoms with van der Waals surface area (Å²) in [6, 6.07) is 15.0. The summed E-state index contributed by atoms with van der Waals surface area (Å²) in [7, 11) is 0. The Bertz CT molecular complexity index is 691. The lowest BCUT2D eigenvalue weighted by Crippen LogP contribution is -2.36. The molecule has 7 nitrogen and oxygen atoms in total. The highest BCUT2D eigenvalue weighted by Crippen LogP contribution is 2.17. The highest BCUT2D eigenvalue weighted by Gasteiger charge is 2.13. The molecule has 2 amide bonds. The van der Waals surface area contributed by atoms with Crippen LogP contribution in [0.15, 0.2) is 54.6 Å². The molecule has 7 heteroatoms. The lowest BCUT2D eigenvalue weighted by Gasteiger charge is -2.12. The smallest absolute Gasteiger partial charge is 0.315 e. The lowest BCUT2D eigenvalue weighted by atomic mass is 10.1. The van der Waals surface area contributed by atoms with E-state index < -0.39 is 17.1 Å². The fraction of sp³-hybridized carbons (Fsp3) is 0.235. The van der Waals surface area contributed by atoms with Gasteiger partial charge in [0, 0.05) is 18.2 Å². The molecule has 2 aromatic rings. The van der Waals surface area contributed by atoms with Crippen LogP contribution in [-0.2, 0) is 6.54 Å². The predicted octanol–water partition coefficient (Wildman–Crippen LogP) is 2.52. The van der Waals surface area contributed by atoms with Crippen LogP contribution in [0.1, 0.15) is 23.7 Å². The van der Waals surface area contributed by atoms with Crippen molar-refractivity contribution in [2.75, 3.05) is 6.54 Å². The minimum absolute atomic E-state index is 0.0303. The number of aliphatic hydroxyl groups excluding tert-OH is 1. The third kappa shape index (κ3) is 5.06. The van der Waals surface area contributed by atoms with E-state index in [1.807, 2.05) is 30.3 Å². The van der Waals surface area contributed by atoms with Gasteiger partial charge in [0.2, 0.25) is 0 Å². The zero-order valence-corrected chi connectivity index (χ0v) is 13.0. The van der Waals surface area contributed by atoms with Gasteiger partial charge in [-0.1, -0.05) is 48.5 Å². The maximum Gasteiger partial charge on any atom is 0.315 e. The molecule has 0 aliphatic carbocycles. The third-order valence-corrected chi connectivity index (χ3v) is 3.52. The summed E-state index contributed by atoms with van der Waals surface area (Å²) in [5.41, 5.74) is 1.19. The summed E-state index contributed by atoms with van der Waals surface area (Å²) in [5.74, 6) is 0. The number of nitro groups is 1. The number of para-hydroxylation sites is 1. The van der Waals surface area contributed by atoms with Crippen LogP contribution in [0, 0.1) is 10.1 Å². The predicted molar refractivity (Wildman–Crippen MR) is 89.4 cm³/mol. The molecule has 0 saturated heterocycles. The average Bonchev–Trinajstić information content (AvgIpc) is 2.60. The molecule has 0 aliphatic rings. The van der Waals surface area contributed by atoms with E-state index in [-0.39, 0.29) is 12.2 Å². The molecule has 0 fully saturated rings. The minimum Gasteiger partial charge on any atom is -0.388 e. The van der Waals surface area contributed by atoms with Gasteiger partial charge >= 0.3 is 6.03 Å². The van der Waals surface area contributed by atoms with Crippen molar-refractivity contribution in [3.05, 3.63) is 75.8 Å². The topological polar surface area (TPSA) is 104 Å². The molecule has 2 aromatic carbocycles. The van der Waals surface area contributed by atoms with Crippen LogP contribution in [0.5, 0.6) is 0 Å². The van der Waals surface area contributed by atoms with E-state index in [0.717, 1.165) is 5.56 Å². The molecule has 126 valence electrons. The van der Waals surface area contributed by atoms with Crippen molar-refractivity contribution in [1.82, 2.24) is 10.6 Å². The Labute approximate surface area is 139 Å². The number of nitrogens with zero attached hydrogens (tertiary/aromatic N) is 1. The first-order valence-corrected chi connectivity index (χ1v) is 7.55. The highest BCUT2D eigenvalue weighted by molar-refractivity contribution is 5.73. The number of rotatable bonds is 7. The van der Waals surface area contributed by atoms with Gasteiger partial charge < -0.3 is 15.7 Å². The molecule has 2 rings (SSSR count). The number of carbonyl (C=O) groups is 1. The fourth-order valence-electron chi connectivity index (χ4n) is 2.24. The second-order valence-corrected chi connectivity index (χ2v) is 5.21. The largest absolute Gasteiger partial charge is 0.388 e. The molecule has 0 radical (unpaired) electrons. The quantitative estimate of drug-likeness (QED) is 0.536. The standard InChI is InChI=1S/C17H19N3O4/c21-16(13-6-2-1-3-7-13)10-11-18-17(22)19-12-14-8-4-5-9-15(14)20(23)24/h1-9,16,21H,10-12H2,(H2,18,19,22). The second kappa shape index (κ2) is 8.64. The van der Waals surface area contributed by atoms with E-state index in [1.165, 1.54) is 6.07 Å². The molecule has 0 heterocycles. The highest BCUT2D eigenvalue weighted by atomic mass is 16.6. The summed E-state index contributed by atoms with van der Waals surface area (Å²) in [6.45, 7) is 0.350. The van der Waals surface area contributed by atoms with Gasteiger partial charge in [-0.05, 0) is 12.0 Å². The Morgan fingerprint density at radius 1 is 1.08 bits per heavy atom. The Morgan fingerprint density at radius 2 is 1.75 bits per heavy atom. The summed E-state index contributed by atoms with van der Waals surface area (Å²) in [4.78, 5) is 22.2. The molecule has 0 bridgehead atoms. The van der Waals surface area contributed by atoms with E-state index in [0.29, 0.717) is 18.5 Å². The van der Waals surface area contributed by atoms with Crippen molar-refractivity contribution in [1.29, 1.82) is 0 Å². The van der Waals surface area contributed by atoms with E-state index in [9.17, 15) is 20.0 Å². The number of amides is 2. The van der Waals surface area contributed by atoms with Gasteiger partial charge in [-0.25, -0.2) is 4.79 Å². The number of carbonyl (C=O) groups excluding carboxylic acids is 1. The van der Waals surface area contributed by atoms with Gasteiger partial charge in [-0.3, -0.25) is 10.1 Å². The Hall–Kier alpha value is -2.93. The SMILES string of the molecule is O=C(NCCC(O)c1ccccc1)NCc1ccccc1[N+](=O)[O-]. The van der Waals surface area contributed by atoms with Gasteiger partial charge in [-0.15, -0.1) is 0 Å². The van der Waals surface area contributed by atoms with Crippen LogP contribution in [-0.4, -0.2) is 22.6 Å². The monoisotopic (exact) mass is 329 g/mol. The summed E-state index contributed by atoms with van der Waals surface area (Å²) >= 11 is 0. The van der Waals surface area contributed by atoms with Crippen LogP contribution >= 0.6 is 0 Å². The normalized spacial score (nSPS) is 11.5. The van der Waals surface area contributed by atoms with Crippen LogP contribution < -0.4 is 10.6 Å². The third-order valence-electron chi connectivity index (χ3n) is 3.52. The van der Waals surface area contributed by atoms with Crippen molar-refractivity contribution in [2.45, 2.75) is 19.1 Å². The number of hydrogen-bond donors (Lipinski definition) is 3. The van der Waals surface area contributed by atoms with Gasteiger partial charge in [0.1, 0.15) is 0 Å². The average molecular weight is 329 g/mol. The van der Waals surface area contributed by atoms with Crippen molar-refractivity contribution < 1.29 is 14.8 Å². The van der Waals surface area contributed by atoms with Crippen molar-refractivity contribution in [3.63, 3.8) is 0 Å². The zero-order chi connectivity index (χ0) is 17.4. The number of urea groups is 1. The molecule has 3 N–H and O–H groups in total. The molecule has 0 aliphatic heterocycles. The van der Waals surface area contributed by atoms with E-state index >= 15 is 0 Å². The molecule has 24 heavy (non-hydrogen) atoms. The molecule has 1 unspecified atom stereocenters. The maximum atomic E-state index is 11.7. The molecule has 0 saturated carbocycles. The van der Waals surface area contributed by atoms with E-state index in [4.69, 9.17) is 0 Å². The number of nitrogens with one attached hydrogen (secondary N) is 2. The zero-order valence-electron chi connectivity index (χ0n) is 13.0. The second-order valence-electron chi connectivity index (χ2n) is 5.21. The number of aliphatic hydroxyl groups is 1. The summed E-state index contributed by atoms with van der Waals surface area (Å²) < 4.78 is 0. The van der Waals surface area contributed by atoms with Crippen LogP contribution in [0.2, 0.25) is 0 Å². The first kappa shape index (κ1) is 17.4. The molecular weight excluding hydrogens is 310 g/mol. The molecular formula is C17H19N3O4. The van der Waals surface area contributed by atoms with Crippen LogP contribution in [0.3, 0.4) is 0 Å². The maximum absolute atomic E-state index is 11.7. The lowest BCUT2D eigenvalue weighted by molar-refractivity contribution is -0.385. The number of benzene rings is 2. The molecule has 1 atom stereocenters. The number of hydrogen-bond acceptors (Lipinski definition) is 4. The molecule has 0 spiro atoms. The fourth-order valence-corrected chi connectivity index (χ4v) is 2.24. The Morgan fingerprint density at radius 3 is 2.46 bits per heavy atom. The Kier molecular flexibility index (Phi) is 6.27. The van der Waals surface area contributed by atoms with Gasteiger partial charge in [-0.2, -0.15) is 0 Å². The van der Waals surface area contributed by atoms with Crippen molar-refractivity contribution >= 4 is 11.7 Å². The minimum atomic E-state index is -0.651. The number of nitro benzene ring substituents is 1. The van der Waals surface area contributed by atoms with E-state index in [2.05, 4.69) is 10.6 Å². The van der Waals surface area contributed by atoms with Crippen LogP contribution in [0.25, 0.3) is 0 Å². The van der Waals surface area contributed by atoms with Crippen LogP contribution in [0.4, 0.5) is 10.5 Å². The Balaban J connectivity index is 1.75. The van der Waals surface area contributed by atoms with Crippen molar-refractivity contribution in [2.24, 2.45) is 0 Å². The van der Waals surface area contributed by atoms with Gasteiger partial charge in [0.05, 0.1) is 17.6 Å². The first-order valence-electron chi connectivity index (χ1n) is 7.55. The van der Waals surface area contributed by atoms with E-state index in [1.54, 1.807) is 18.2 Å². The van der Waals surface area contributed by atoms with Crippen molar-refractivity contribution in [3.8, 4) is 0 Å². The summed E-state index contributed by atoms with van der Waals surface area (Å²) in [5, 5.41) is 26.1. The first-order chi connectivity index (χ1) is 11.6. The molecule has 0 aromatic heterocycles. The summed E-state index contributed by atoms with van der Waals surface area (Å²) in [6.07, 6.45) is -0.273. The van der Waals surface area contributed by atoms with Gasteiger partial charge in [0.25, 0.3) is 5.69 Å².